The number of hydrogen-bond acceptors (Lipinski definition) is 5. The summed E-state index contributed by atoms with van der Waals surface area (Å²) in [5, 5.41) is 23.2. The average molecular weight is 569 g/mol. The van der Waals surface area contributed by atoms with Crippen LogP contribution in [0.5, 0.6) is 0 Å². The molecule has 0 amide bonds. The Balaban J connectivity index is 4.25. The van der Waals surface area contributed by atoms with E-state index in [0.29, 0.717) is 24.3 Å². The van der Waals surface area contributed by atoms with E-state index in [1.807, 2.05) is 0 Å². The number of carboxylic acid groups (broad SMARTS) is 2. The molecule has 232 valence electrons. The van der Waals surface area contributed by atoms with Gasteiger partial charge in [-0.2, -0.15) is 11.8 Å². The lowest BCUT2D eigenvalue weighted by Crippen LogP contribution is -2.44. The smallest absolute Gasteiger partial charge is 0.0484 e. The first-order chi connectivity index (χ1) is 19.0. The van der Waals surface area contributed by atoms with Crippen LogP contribution in [0.15, 0.2) is 0 Å². The van der Waals surface area contributed by atoms with Gasteiger partial charge in [-0.15, -0.1) is 0 Å². The fourth-order valence-corrected chi connectivity index (χ4v) is 6.82. The maximum Gasteiger partial charge on any atom is 0.0484 e. The number of carbonyl (C=O) groups excluding carboxylic acids is 2. The average Bonchev–Trinajstić information content (AvgIpc) is 2.91. The van der Waals surface area contributed by atoms with Crippen molar-refractivity contribution in [3.63, 3.8) is 0 Å². The molecule has 0 aromatic rings. The molecule has 0 spiro atoms. The van der Waals surface area contributed by atoms with Crippen molar-refractivity contribution in [2.75, 3.05) is 11.5 Å². The maximum absolute atomic E-state index is 12.4. The number of thioether (sulfide) groups is 1. The number of hydrogen-bond donors (Lipinski definition) is 0. The molecule has 0 aromatic carbocycles. The highest BCUT2D eigenvalue weighted by Gasteiger charge is 2.30. The first-order valence-electron chi connectivity index (χ1n) is 17.0. The summed E-state index contributed by atoms with van der Waals surface area (Å²) in [4.78, 5) is 23.2. The summed E-state index contributed by atoms with van der Waals surface area (Å²) in [6.07, 6.45) is 31.6. The minimum absolute atomic E-state index is 0.0228. The Kier molecular flexibility index (Phi) is 28.3. The molecule has 0 heterocycles. The van der Waals surface area contributed by atoms with E-state index in [0.717, 1.165) is 25.7 Å². The minimum atomic E-state index is -1.07. The first kappa shape index (κ1) is 38.3. The van der Waals surface area contributed by atoms with Gasteiger partial charge in [0.1, 0.15) is 0 Å². The fraction of sp³-hybridized carbons (Fsp3) is 0.941. The second-order valence-corrected chi connectivity index (χ2v) is 13.1. The van der Waals surface area contributed by atoms with Gasteiger partial charge in [0, 0.05) is 23.1 Å². The van der Waals surface area contributed by atoms with Crippen LogP contribution in [0.25, 0.3) is 0 Å². The van der Waals surface area contributed by atoms with Crippen LogP contribution >= 0.6 is 11.8 Å². The van der Waals surface area contributed by atoms with Gasteiger partial charge in [-0.1, -0.05) is 168 Å². The number of rotatable bonds is 32. The topological polar surface area (TPSA) is 80.3 Å². The van der Waals surface area contributed by atoms with E-state index in [-0.39, 0.29) is 6.42 Å². The zero-order valence-electron chi connectivity index (χ0n) is 26.0. The zero-order chi connectivity index (χ0) is 28.9. The van der Waals surface area contributed by atoms with E-state index in [1.54, 1.807) is 0 Å². The van der Waals surface area contributed by atoms with Crippen LogP contribution < -0.4 is 10.2 Å². The number of aliphatic carboxylic acids is 2. The highest BCUT2D eigenvalue weighted by Crippen LogP contribution is 2.35. The Morgan fingerprint density at radius 1 is 0.513 bits per heavy atom. The van der Waals surface area contributed by atoms with Gasteiger partial charge in [0.05, 0.1) is 0 Å². The van der Waals surface area contributed by atoms with Gasteiger partial charge in [0.25, 0.3) is 0 Å². The lowest BCUT2D eigenvalue weighted by Gasteiger charge is -2.35. The van der Waals surface area contributed by atoms with Crippen molar-refractivity contribution >= 4 is 23.7 Å². The summed E-state index contributed by atoms with van der Waals surface area (Å²) in [5.74, 6) is -1.13. The van der Waals surface area contributed by atoms with E-state index < -0.39 is 17.4 Å². The molecule has 5 heteroatoms. The van der Waals surface area contributed by atoms with Crippen LogP contribution in [0, 0.1) is 5.41 Å². The quantitative estimate of drug-likeness (QED) is 0.0758. The van der Waals surface area contributed by atoms with Gasteiger partial charge in [-0.3, -0.25) is 0 Å². The highest BCUT2D eigenvalue weighted by molar-refractivity contribution is 7.99. The molecule has 0 aromatic heterocycles. The second-order valence-electron chi connectivity index (χ2n) is 12.0. The molecule has 0 saturated heterocycles. The van der Waals surface area contributed by atoms with E-state index in [2.05, 4.69) is 13.8 Å². The third kappa shape index (κ3) is 24.8. The minimum Gasteiger partial charge on any atom is -0.550 e. The van der Waals surface area contributed by atoms with Crippen molar-refractivity contribution in [2.24, 2.45) is 5.41 Å². The summed E-state index contributed by atoms with van der Waals surface area (Å²) < 4.78 is 0. The molecular weight excluding hydrogens is 504 g/mol. The molecule has 0 atom stereocenters. The third-order valence-electron chi connectivity index (χ3n) is 8.28. The molecule has 0 fully saturated rings. The number of unbranched alkanes of at least 4 members (excludes halogenated alkanes) is 22. The van der Waals surface area contributed by atoms with Crippen LogP contribution in [-0.2, 0) is 9.59 Å². The highest BCUT2D eigenvalue weighted by atomic mass is 32.2. The standard InChI is InChI=1S/C34H66O4S/c1-3-5-7-9-11-13-15-17-19-21-23-25-28-34(33(37)38,31-39-30-27-32(35)36)29-26-24-22-20-18-16-14-12-10-8-6-4-2/h3-31H2,1-2H3,(H,35,36)(H,37,38)/p-2. The van der Waals surface area contributed by atoms with Crippen LogP contribution in [0.1, 0.15) is 187 Å². The van der Waals surface area contributed by atoms with Gasteiger partial charge in [0.2, 0.25) is 0 Å². The van der Waals surface area contributed by atoms with Gasteiger partial charge >= 0.3 is 0 Å². The molecule has 0 rings (SSSR count). The Morgan fingerprint density at radius 3 is 1.10 bits per heavy atom. The van der Waals surface area contributed by atoms with Gasteiger partial charge < -0.3 is 19.8 Å². The van der Waals surface area contributed by atoms with E-state index in [9.17, 15) is 19.8 Å². The summed E-state index contributed by atoms with van der Waals surface area (Å²) >= 11 is 1.44. The van der Waals surface area contributed by atoms with E-state index in [1.165, 1.54) is 140 Å². The number of carboxylic acids is 2. The Labute approximate surface area is 247 Å². The van der Waals surface area contributed by atoms with Crippen molar-refractivity contribution in [1.82, 2.24) is 0 Å². The SMILES string of the molecule is CCCCCCCCCCCCCCC(CCCCCCCCCCCCCC)(CSCCC(=O)[O-])C(=O)[O-]. The zero-order valence-corrected chi connectivity index (χ0v) is 26.9. The molecule has 0 saturated carbocycles. The fourth-order valence-electron chi connectivity index (χ4n) is 5.56. The van der Waals surface area contributed by atoms with Crippen molar-refractivity contribution < 1.29 is 19.8 Å². The van der Waals surface area contributed by atoms with Crippen LogP contribution in [0.4, 0.5) is 0 Å². The molecule has 0 aliphatic heterocycles. The van der Waals surface area contributed by atoms with Crippen LogP contribution in [0.3, 0.4) is 0 Å². The molecule has 0 aliphatic rings. The van der Waals surface area contributed by atoms with Crippen molar-refractivity contribution in [3.05, 3.63) is 0 Å². The van der Waals surface area contributed by atoms with Crippen LogP contribution in [-0.4, -0.2) is 23.4 Å². The van der Waals surface area contributed by atoms with Gasteiger partial charge in [-0.25, -0.2) is 0 Å². The van der Waals surface area contributed by atoms with Crippen molar-refractivity contribution in [3.8, 4) is 0 Å². The van der Waals surface area contributed by atoms with Gasteiger partial charge in [0.15, 0.2) is 0 Å². The lowest BCUT2D eigenvalue weighted by atomic mass is 9.79. The van der Waals surface area contributed by atoms with E-state index in [4.69, 9.17) is 0 Å². The predicted molar refractivity (Wildman–Crippen MR) is 166 cm³/mol. The van der Waals surface area contributed by atoms with Crippen molar-refractivity contribution in [2.45, 2.75) is 187 Å². The molecule has 0 bridgehead atoms. The Hall–Kier alpha value is -0.710. The second kappa shape index (κ2) is 28.8. The maximum atomic E-state index is 12.4. The first-order valence-corrected chi connectivity index (χ1v) is 18.1. The summed E-state index contributed by atoms with van der Waals surface area (Å²) in [5.41, 5.74) is -0.826. The molecule has 0 unspecified atom stereocenters. The normalized spacial score (nSPS) is 11.7. The molecule has 0 aliphatic carbocycles. The van der Waals surface area contributed by atoms with E-state index >= 15 is 0 Å². The molecular formula is C34H64O4S-2. The largest absolute Gasteiger partial charge is 0.550 e. The third-order valence-corrected chi connectivity index (χ3v) is 9.53. The lowest BCUT2D eigenvalue weighted by molar-refractivity contribution is -0.319. The number of carbonyl (C=O) groups is 2. The van der Waals surface area contributed by atoms with Gasteiger partial charge in [-0.05, 0) is 25.0 Å². The molecule has 4 nitrogen and oxygen atoms in total. The summed E-state index contributed by atoms with van der Waals surface area (Å²) in [6.45, 7) is 4.51. The predicted octanol–water partition coefficient (Wildman–Crippen LogP) is 8.78. The van der Waals surface area contributed by atoms with Crippen LogP contribution in [0.2, 0.25) is 0 Å². The summed E-state index contributed by atoms with van der Waals surface area (Å²) in [6, 6.07) is 0. The summed E-state index contributed by atoms with van der Waals surface area (Å²) in [7, 11) is 0. The molecule has 0 N–H and O–H groups in total. The monoisotopic (exact) mass is 568 g/mol. The Bertz CT molecular complexity index is 523. The Morgan fingerprint density at radius 2 is 0.821 bits per heavy atom. The molecule has 0 radical (unpaired) electrons. The van der Waals surface area contributed by atoms with Crippen molar-refractivity contribution in [1.29, 1.82) is 0 Å². The molecule has 39 heavy (non-hydrogen) atoms.